The Bertz CT molecular complexity index is 510. The van der Waals surface area contributed by atoms with Crippen molar-refractivity contribution in [3.05, 3.63) is 41.3 Å². The molecule has 3 heteroatoms. The minimum absolute atomic E-state index is 0.395. The van der Waals surface area contributed by atoms with Gasteiger partial charge in [0.05, 0.1) is 24.5 Å². The van der Waals surface area contributed by atoms with E-state index in [4.69, 9.17) is 10.00 Å². The van der Waals surface area contributed by atoms with Crippen LogP contribution in [0.4, 0.5) is 0 Å². The minimum Gasteiger partial charge on any atom is -0.495 e. The summed E-state index contributed by atoms with van der Waals surface area (Å²) in [7, 11) is 1.65. The molecule has 1 aromatic heterocycles. The van der Waals surface area contributed by atoms with E-state index in [9.17, 15) is 0 Å². The molecule has 2 aromatic rings. The van der Waals surface area contributed by atoms with Crippen LogP contribution >= 0.6 is 11.3 Å². The Morgan fingerprint density at radius 3 is 2.69 bits per heavy atom. The normalized spacial score (nSPS) is 9.75. The Labute approximate surface area is 98.7 Å². The van der Waals surface area contributed by atoms with E-state index in [2.05, 4.69) is 6.07 Å². The monoisotopic (exact) mass is 229 g/mol. The van der Waals surface area contributed by atoms with E-state index in [1.54, 1.807) is 18.4 Å². The van der Waals surface area contributed by atoms with E-state index in [1.807, 2.05) is 35.7 Å². The summed E-state index contributed by atoms with van der Waals surface area (Å²) in [5, 5.41) is 10.7. The molecule has 1 aromatic carbocycles. The van der Waals surface area contributed by atoms with E-state index in [0.29, 0.717) is 6.42 Å². The molecular formula is C13H11NOS. The molecule has 80 valence electrons. The molecule has 0 radical (unpaired) electrons. The van der Waals surface area contributed by atoms with Crippen LogP contribution in [0.1, 0.15) is 5.56 Å². The number of thiophene rings is 1. The zero-order valence-corrected chi connectivity index (χ0v) is 9.75. The van der Waals surface area contributed by atoms with Gasteiger partial charge < -0.3 is 4.74 Å². The van der Waals surface area contributed by atoms with Crippen LogP contribution < -0.4 is 4.74 Å². The highest BCUT2D eigenvalue weighted by Gasteiger charge is 2.13. The number of ether oxygens (including phenoxy) is 1. The van der Waals surface area contributed by atoms with E-state index in [-0.39, 0.29) is 0 Å². The van der Waals surface area contributed by atoms with Crippen molar-refractivity contribution >= 4 is 11.3 Å². The van der Waals surface area contributed by atoms with E-state index in [1.165, 1.54) is 0 Å². The van der Waals surface area contributed by atoms with E-state index < -0.39 is 0 Å². The molecule has 2 nitrogen and oxygen atoms in total. The van der Waals surface area contributed by atoms with Crippen molar-refractivity contribution < 1.29 is 4.74 Å². The van der Waals surface area contributed by atoms with Crippen LogP contribution in [0, 0.1) is 11.3 Å². The molecule has 0 unspecified atom stereocenters. The number of methoxy groups -OCH3 is 1. The molecule has 0 saturated heterocycles. The van der Waals surface area contributed by atoms with Crippen molar-refractivity contribution in [3.8, 4) is 22.3 Å². The molecule has 1 heterocycles. The summed E-state index contributed by atoms with van der Waals surface area (Å²) in [5.41, 5.74) is 2.10. The lowest BCUT2D eigenvalue weighted by atomic mass is 10.1. The van der Waals surface area contributed by atoms with E-state index in [0.717, 1.165) is 21.8 Å². The van der Waals surface area contributed by atoms with Crippen molar-refractivity contribution in [2.24, 2.45) is 0 Å². The molecule has 0 aliphatic heterocycles. The number of rotatable bonds is 3. The molecule has 0 aliphatic carbocycles. The molecule has 0 saturated carbocycles. The van der Waals surface area contributed by atoms with Crippen molar-refractivity contribution in [1.82, 2.24) is 0 Å². The molecule has 16 heavy (non-hydrogen) atoms. The molecule has 0 amide bonds. The van der Waals surface area contributed by atoms with Crippen LogP contribution in [0.3, 0.4) is 0 Å². The summed E-state index contributed by atoms with van der Waals surface area (Å²) in [6.07, 6.45) is 0.395. The molecule has 0 spiro atoms. The fourth-order valence-corrected chi connectivity index (χ4v) is 2.65. The highest BCUT2D eigenvalue weighted by atomic mass is 32.1. The number of nitriles is 1. The van der Waals surface area contributed by atoms with Crippen LogP contribution in [0.15, 0.2) is 35.7 Å². The third-order valence-electron chi connectivity index (χ3n) is 2.33. The van der Waals surface area contributed by atoms with Crippen molar-refractivity contribution in [1.29, 1.82) is 5.26 Å². The van der Waals surface area contributed by atoms with Gasteiger partial charge in [0.2, 0.25) is 0 Å². The first-order valence-electron chi connectivity index (χ1n) is 4.93. The van der Waals surface area contributed by atoms with Gasteiger partial charge in [0.1, 0.15) is 5.75 Å². The minimum atomic E-state index is 0.395. The van der Waals surface area contributed by atoms with Crippen molar-refractivity contribution in [3.63, 3.8) is 0 Å². The average Bonchev–Trinajstić information content (AvgIpc) is 2.73. The number of benzene rings is 1. The first kappa shape index (κ1) is 10.7. The number of hydrogen-bond acceptors (Lipinski definition) is 3. The van der Waals surface area contributed by atoms with Crippen LogP contribution in [-0.4, -0.2) is 7.11 Å². The molecule has 2 rings (SSSR count). The van der Waals surface area contributed by atoms with Gasteiger partial charge in [0.25, 0.3) is 0 Å². The van der Waals surface area contributed by atoms with Crippen LogP contribution in [0.25, 0.3) is 10.4 Å². The van der Waals surface area contributed by atoms with Gasteiger partial charge >= 0.3 is 0 Å². The highest BCUT2D eigenvalue weighted by molar-refractivity contribution is 7.14. The van der Waals surface area contributed by atoms with Gasteiger partial charge in [0.15, 0.2) is 0 Å². The standard InChI is InChI=1S/C13H11NOS/c1-15-12-11(7-8-14)9-16-13(12)10-5-3-2-4-6-10/h2-6,9H,7H2,1H3. The maximum Gasteiger partial charge on any atom is 0.141 e. The Hall–Kier alpha value is -1.79. The molecular weight excluding hydrogens is 218 g/mol. The zero-order valence-electron chi connectivity index (χ0n) is 8.93. The van der Waals surface area contributed by atoms with Crippen molar-refractivity contribution in [2.75, 3.05) is 7.11 Å². The summed E-state index contributed by atoms with van der Waals surface area (Å²) in [6, 6.07) is 12.2. The SMILES string of the molecule is COc1c(CC#N)csc1-c1ccccc1. The first-order valence-corrected chi connectivity index (χ1v) is 5.81. The van der Waals surface area contributed by atoms with E-state index >= 15 is 0 Å². The fraction of sp³-hybridized carbons (Fsp3) is 0.154. The molecule has 0 aliphatic rings. The quantitative estimate of drug-likeness (QED) is 0.807. The molecule has 0 bridgehead atoms. The Morgan fingerprint density at radius 1 is 1.31 bits per heavy atom. The summed E-state index contributed by atoms with van der Waals surface area (Å²) in [5.74, 6) is 0.831. The summed E-state index contributed by atoms with van der Waals surface area (Å²) in [4.78, 5) is 1.09. The Morgan fingerprint density at radius 2 is 2.06 bits per heavy atom. The molecule has 0 fully saturated rings. The maximum atomic E-state index is 8.72. The summed E-state index contributed by atoms with van der Waals surface area (Å²) in [6.45, 7) is 0. The lowest BCUT2D eigenvalue weighted by Crippen LogP contribution is -1.88. The first-order chi connectivity index (χ1) is 7.86. The molecule has 0 atom stereocenters. The van der Waals surface area contributed by atoms with Gasteiger partial charge in [0, 0.05) is 5.56 Å². The van der Waals surface area contributed by atoms with Crippen LogP contribution in [-0.2, 0) is 6.42 Å². The van der Waals surface area contributed by atoms with Gasteiger partial charge in [-0.15, -0.1) is 11.3 Å². The van der Waals surface area contributed by atoms with Crippen LogP contribution in [0.5, 0.6) is 5.75 Å². The fourth-order valence-electron chi connectivity index (χ4n) is 1.60. The van der Waals surface area contributed by atoms with Gasteiger partial charge in [-0.3, -0.25) is 0 Å². The second-order valence-corrected chi connectivity index (χ2v) is 4.20. The lowest BCUT2D eigenvalue weighted by molar-refractivity contribution is 0.414. The maximum absolute atomic E-state index is 8.72. The van der Waals surface area contributed by atoms with Crippen LogP contribution in [0.2, 0.25) is 0 Å². The van der Waals surface area contributed by atoms with Crippen molar-refractivity contribution in [2.45, 2.75) is 6.42 Å². The largest absolute Gasteiger partial charge is 0.495 e. The number of nitrogens with zero attached hydrogens (tertiary/aromatic N) is 1. The second kappa shape index (κ2) is 4.82. The zero-order chi connectivity index (χ0) is 11.4. The third kappa shape index (κ3) is 1.93. The predicted octanol–water partition coefficient (Wildman–Crippen LogP) is 3.49. The van der Waals surface area contributed by atoms with Gasteiger partial charge in [-0.2, -0.15) is 5.26 Å². The second-order valence-electron chi connectivity index (χ2n) is 3.32. The lowest BCUT2D eigenvalue weighted by Gasteiger charge is -2.04. The summed E-state index contributed by atoms with van der Waals surface area (Å²) < 4.78 is 5.38. The average molecular weight is 229 g/mol. The third-order valence-corrected chi connectivity index (χ3v) is 3.39. The topological polar surface area (TPSA) is 33.0 Å². The predicted molar refractivity (Wildman–Crippen MR) is 65.6 cm³/mol. The van der Waals surface area contributed by atoms with Gasteiger partial charge in [-0.05, 0) is 10.9 Å². The molecule has 0 N–H and O–H groups in total. The summed E-state index contributed by atoms with van der Waals surface area (Å²) >= 11 is 1.62. The highest BCUT2D eigenvalue weighted by Crippen LogP contribution is 2.39. The smallest absolute Gasteiger partial charge is 0.141 e. The Balaban J connectivity index is 2.47. The number of hydrogen-bond donors (Lipinski definition) is 0. The van der Waals surface area contributed by atoms with Gasteiger partial charge in [-0.1, -0.05) is 30.3 Å². The Kier molecular flexibility index (Phi) is 3.23. The van der Waals surface area contributed by atoms with Gasteiger partial charge in [-0.25, -0.2) is 0 Å².